The van der Waals surface area contributed by atoms with Crippen molar-refractivity contribution in [1.82, 2.24) is 4.98 Å². The van der Waals surface area contributed by atoms with E-state index in [4.69, 9.17) is 19.0 Å². The van der Waals surface area contributed by atoms with Crippen molar-refractivity contribution in [2.24, 2.45) is 10.6 Å². The summed E-state index contributed by atoms with van der Waals surface area (Å²) in [5.41, 5.74) is -2.94. The number of thiazole rings is 1. The van der Waals surface area contributed by atoms with E-state index in [0.717, 1.165) is 11.3 Å². The van der Waals surface area contributed by atoms with Crippen LogP contribution in [0.5, 0.6) is 0 Å². The summed E-state index contributed by atoms with van der Waals surface area (Å²) in [6.07, 6.45) is 0.0634. The van der Waals surface area contributed by atoms with Gasteiger partial charge in [0.2, 0.25) is 11.3 Å². The first-order valence-electron chi connectivity index (χ1n) is 11.1. The van der Waals surface area contributed by atoms with Crippen molar-refractivity contribution in [3.8, 4) is 0 Å². The summed E-state index contributed by atoms with van der Waals surface area (Å²) < 4.78 is 15.9. The molecule has 1 saturated carbocycles. The van der Waals surface area contributed by atoms with E-state index in [1.807, 2.05) is 13.8 Å². The molecule has 1 amide bonds. The summed E-state index contributed by atoms with van der Waals surface area (Å²) in [4.78, 5) is 47.5. The number of esters is 2. The first-order chi connectivity index (χ1) is 15.5. The fourth-order valence-corrected chi connectivity index (χ4v) is 4.14. The van der Waals surface area contributed by atoms with E-state index < -0.39 is 34.8 Å². The lowest BCUT2D eigenvalue weighted by molar-refractivity contribution is -0.213. The Morgan fingerprint density at radius 3 is 2.18 bits per heavy atom. The monoisotopic (exact) mass is 497 g/mol. The molecule has 190 valence electrons. The number of oxime groups is 1. The van der Waals surface area contributed by atoms with Crippen molar-refractivity contribution in [2.45, 2.75) is 92.0 Å². The maximum Gasteiger partial charge on any atom is 0.413 e. The van der Waals surface area contributed by atoms with Gasteiger partial charge in [-0.1, -0.05) is 19.0 Å². The van der Waals surface area contributed by atoms with Crippen LogP contribution in [0.15, 0.2) is 10.5 Å². The fraction of sp³-hybridized carbons (Fsp3) is 0.696. The molecule has 0 spiro atoms. The lowest BCUT2D eigenvalue weighted by Gasteiger charge is -2.49. The van der Waals surface area contributed by atoms with E-state index in [2.05, 4.69) is 15.5 Å². The van der Waals surface area contributed by atoms with E-state index in [1.54, 1.807) is 48.5 Å². The number of amides is 1. The molecule has 0 bridgehead atoms. The Kier molecular flexibility index (Phi) is 8.02. The van der Waals surface area contributed by atoms with Crippen LogP contribution in [0, 0.1) is 5.41 Å². The summed E-state index contributed by atoms with van der Waals surface area (Å²) in [6.45, 7) is 16.3. The van der Waals surface area contributed by atoms with Crippen LogP contribution in [0.3, 0.4) is 0 Å². The third-order valence-corrected chi connectivity index (χ3v) is 5.19. The molecule has 0 unspecified atom stereocenters. The third-order valence-electron chi connectivity index (χ3n) is 4.43. The lowest BCUT2D eigenvalue weighted by atomic mass is 9.61. The minimum atomic E-state index is -1.32. The molecule has 2 rings (SSSR count). The van der Waals surface area contributed by atoms with Gasteiger partial charge in [-0.3, -0.25) is 5.32 Å². The zero-order valence-corrected chi connectivity index (χ0v) is 22.2. The SMILES string of the molecule is CCOC(=O)/C(=N\OC1(C(=O)OC(C)(C)C)CC(C)(C)C1)c1csc(NC(=O)OC(C)(C)C)n1. The highest BCUT2D eigenvalue weighted by molar-refractivity contribution is 7.14. The van der Waals surface area contributed by atoms with Crippen LogP contribution in [-0.4, -0.2) is 52.1 Å². The van der Waals surface area contributed by atoms with Gasteiger partial charge in [0.15, 0.2) is 5.13 Å². The maximum absolute atomic E-state index is 12.9. The van der Waals surface area contributed by atoms with Crippen LogP contribution in [0.25, 0.3) is 0 Å². The molecule has 10 nitrogen and oxygen atoms in total. The summed E-state index contributed by atoms with van der Waals surface area (Å²) in [5.74, 6) is -1.31. The van der Waals surface area contributed by atoms with E-state index >= 15 is 0 Å². The van der Waals surface area contributed by atoms with E-state index in [1.165, 1.54) is 5.38 Å². The number of hydrogen-bond donors (Lipinski definition) is 1. The van der Waals surface area contributed by atoms with E-state index in [-0.39, 0.29) is 28.6 Å². The molecule has 1 aliphatic carbocycles. The van der Waals surface area contributed by atoms with Crippen molar-refractivity contribution in [2.75, 3.05) is 11.9 Å². The number of hydrogen-bond acceptors (Lipinski definition) is 10. The van der Waals surface area contributed by atoms with Crippen molar-refractivity contribution >= 4 is 40.2 Å². The summed E-state index contributed by atoms with van der Waals surface area (Å²) in [7, 11) is 0. The molecule has 1 fully saturated rings. The predicted molar refractivity (Wildman–Crippen MR) is 128 cm³/mol. The molecule has 0 aromatic carbocycles. The second-order valence-corrected chi connectivity index (χ2v) is 11.8. The van der Waals surface area contributed by atoms with Crippen molar-refractivity contribution < 1.29 is 33.4 Å². The Hall–Kier alpha value is -2.69. The van der Waals surface area contributed by atoms with Gasteiger partial charge in [-0.05, 0) is 53.9 Å². The third kappa shape index (κ3) is 7.68. The minimum absolute atomic E-state index is 0.106. The molecular weight excluding hydrogens is 462 g/mol. The smallest absolute Gasteiger partial charge is 0.413 e. The van der Waals surface area contributed by atoms with Crippen molar-refractivity contribution in [3.63, 3.8) is 0 Å². The molecular formula is C23H35N3O7S. The molecule has 1 aromatic rings. The van der Waals surface area contributed by atoms with Crippen molar-refractivity contribution in [1.29, 1.82) is 0 Å². The molecule has 1 aromatic heterocycles. The average Bonchev–Trinajstić information content (AvgIpc) is 3.04. The minimum Gasteiger partial charge on any atom is -0.461 e. The number of rotatable bonds is 7. The van der Waals surface area contributed by atoms with Crippen LogP contribution in [0.1, 0.15) is 80.8 Å². The summed E-state index contributed by atoms with van der Waals surface area (Å²) in [5, 5.41) is 8.26. The van der Waals surface area contributed by atoms with Gasteiger partial charge in [-0.25, -0.2) is 19.4 Å². The van der Waals surface area contributed by atoms with Gasteiger partial charge in [0, 0.05) is 18.2 Å². The average molecular weight is 498 g/mol. The quantitative estimate of drug-likeness (QED) is 0.249. The molecule has 11 heteroatoms. The Morgan fingerprint density at radius 1 is 1.09 bits per heavy atom. The molecule has 0 atom stereocenters. The van der Waals surface area contributed by atoms with Crippen LogP contribution in [0.4, 0.5) is 9.93 Å². The highest BCUT2D eigenvalue weighted by atomic mass is 32.1. The number of anilines is 1. The van der Waals surface area contributed by atoms with Gasteiger partial charge in [0.05, 0.1) is 6.61 Å². The Labute approximate surface area is 204 Å². The first-order valence-corrected chi connectivity index (χ1v) is 12.0. The molecule has 34 heavy (non-hydrogen) atoms. The fourth-order valence-electron chi connectivity index (χ4n) is 3.46. The summed E-state index contributed by atoms with van der Waals surface area (Å²) >= 11 is 1.08. The van der Waals surface area contributed by atoms with Gasteiger partial charge in [-0.2, -0.15) is 0 Å². The van der Waals surface area contributed by atoms with E-state index in [0.29, 0.717) is 12.8 Å². The Morgan fingerprint density at radius 2 is 1.68 bits per heavy atom. The molecule has 1 N–H and O–H groups in total. The first kappa shape index (κ1) is 27.6. The molecule has 0 aliphatic heterocycles. The predicted octanol–water partition coefficient (Wildman–Crippen LogP) is 4.67. The van der Waals surface area contributed by atoms with Gasteiger partial charge in [0.1, 0.15) is 16.9 Å². The largest absolute Gasteiger partial charge is 0.461 e. The number of nitrogens with zero attached hydrogens (tertiary/aromatic N) is 2. The number of aromatic nitrogens is 1. The van der Waals surface area contributed by atoms with Crippen LogP contribution >= 0.6 is 11.3 Å². The van der Waals surface area contributed by atoms with Crippen LogP contribution in [-0.2, 0) is 28.6 Å². The normalized spacial score (nSPS) is 17.3. The molecule has 0 saturated heterocycles. The van der Waals surface area contributed by atoms with Crippen molar-refractivity contribution in [3.05, 3.63) is 11.1 Å². The zero-order chi connectivity index (χ0) is 25.9. The Balaban J connectivity index is 2.29. The number of ether oxygens (including phenoxy) is 3. The highest BCUT2D eigenvalue weighted by Gasteiger charge is 2.59. The van der Waals surface area contributed by atoms with E-state index in [9.17, 15) is 14.4 Å². The number of carbonyl (C=O) groups excluding carboxylic acids is 3. The topological polar surface area (TPSA) is 125 Å². The standard InChI is InChI=1S/C23H35N3O7S/c1-10-30-16(27)15(14-11-34-18(24-14)25-19(29)32-21(5,6)7)26-33-23(12-22(8,9)13-23)17(28)31-20(2,3)4/h11H,10,12-13H2,1-9H3,(H,24,25,29)/b26-15-. The van der Waals surface area contributed by atoms with Crippen LogP contribution < -0.4 is 5.32 Å². The Bertz CT molecular complexity index is 947. The highest BCUT2D eigenvalue weighted by Crippen LogP contribution is 2.51. The molecule has 0 radical (unpaired) electrons. The molecule has 1 aliphatic rings. The number of nitrogens with one attached hydrogen (secondary N) is 1. The zero-order valence-electron chi connectivity index (χ0n) is 21.4. The maximum atomic E-state index is 12.9. The van der Waals surface area contributed by atoms with Gasteiger partial charge in [0.25, 0.3) is 0 Å². The second kappa shape index (κ2) is 9.89. The van der Waals surface area contributed by atoms with Gasteiger partial charge in [-0.15, -0.1) is 11.3 Å². The second-order valence-electron chi connectivity index (χ2n) is 10.9. The van der Waals surface area contributed by atoms with Crippen LogP contribution in [0.2, 0.25) is 0 Å². The van der Waals surface area contributed by atoms with Gasteiger partial charge < -0.3 is 19.0 Å². The number of carbonyl (C=O) groups is 3. The lowest BCUT2D eigenvalue weighted by Crippen LogP contribution is -2.57. The summed E-state index contributed by atoms with van der Waals surface area (Å²) in [6, 6.07) is 0. The van der Waals surface area contributed by atoms with Gasteiger partial charge >= 0.3 is 18.0 Å². The molecule has 1 heterocycles.